The van der Waals surface area contributed by atoms with Crippen LogP contribution in [0.25, 0.3) is 22.0 Å². The molecule has 0 unspecified atom stereocenters. The van der Waals surface area contributed by atoms with E-state index in [-0.39, 0.29) is 0 Å². The highest BCUT2D eigenvalue weighted by molar-refractivity contribution is 7.09. The predicted molar refractivity (Wildman–Crippen MR) is 75.8 cm³/mol. The molecule has 0 fully saturated rings. The van der Waals surface area contributed by atoms with Crippen LogP contribution >= 0.6 is 23.1 Å². The minimum absolute atomic E-state index is 0.728. The van der Waals surface area contributed by atoms with Gasteiger partial charge in [0, 0.05) is 16.1 Å². The Morgan fingerprint density at radius 3 is 2.28 bits per heavy atom. The van der Waals surface area contributed by atoms with E-state index >= 15 is 0 Å². The zero-order chi connectivity index (χ0) is 12.4. The number of hydrogen-bond donors (Lipinski definition) is 0. The molecular formula is C14H9ClN2S. The molecule has 0 saturated carbocycles. The van der Waals surface area contributed by atoms with Crippen molar-refractivity contribution < 1.29 is 0 Å². The molecule has 18 heavy (non-hydrogen) atoms. The third-order valence-corrected chi connectivity index (χ3v) is 3.57. The van der Waals surface area contributed by atoms with Crippen LogP contribution in [-0.2, 0) is 0 Å². The van der Waals surface area contributed by atoms with Crippen LogP contribution in [0.2, 0.25) is 5.02 Å². The van der Waals surface area contributed by atoms with E-state index in [4.69, 9.17) is 11.6 Å². The fourth-order valence-corrected chi connectivity index (χ4v) is 2.45. The molecule has 88 valence electrons. The molecule has 0 bridgehead atoms. The largest absolute Gasteiger partial charge is 0.215 e. The molecule has 0 aliphatic carbocycles. The van der Waals surface area contributed by atoms with Gasteiger partial charge in [-0.1, -0.05) is 54.1 Å². The third-order valence-electron chi connectivity index (χ3n) is 2.55. The summed E-state index contributed by atoms with van der Waals surface area (Å²) in [5.74, 6) is 0.769. The van der Waals surface area contributed by atoms with E-state index in [1.807, 2.05) is 54.6 Å². The van der Waals surface area contributed by atoms with Gasteiger partial charge in [-0.3, -0.25) is 0 Å². The molecule has 1 aromatic heterocycles. The minimum Gasteiger partial charge on any atom is -0.215 e. The molecule has 0 amide bonds. The number of halogens is 1. The molecular weight excluding hydrogens is 264 g/mol. The summed E-state index contributed by atoms with van der Waals surface area (Å²) in [6.07, 6.45) is 0. The van der Waals surface area contributed by atoms with Gasteiger partial charge in [0.1, 0.15) is 5.01 Å². The summed E-state index contributed by atoms with van der Waals surface area (Å²) in [7, 11) is 0. The Kier molecular flexibility index (Phi) is 3.09. The lowest BCUT2D eigenvalue weighted by atomic mass is 10.2. The van der Waals surface area contributed by atoms with Crippen LogP contribution < -0.4 is 0 Å². The second kappa shape index (κ2) is 4.88. The maximum Gasteiger partial charge on any atom is 0.173 e. The van der Waals surface area contributed by atoms with Gasteiger partial charge < -0.3 is 0 Å². The second-order valence-electron chi connectivity index (χ2n) is 3.80. The number of nitrogens with zero attached hydrogens (tertiary/aromatic N) is 2. The molecule has 0 aliphatic rings. The summed E-state index contributed by atoms with van der Waals surface area (Å²) in [4.78, 5) is 4.54. The maximum absolute atomic E-state index is 5.87. The number of rotatable bonds is 2. The normalized spacial score (nSPS) is 10.5. The van der Waals surface area contributed by atoms with Crippen molar-refractivity contribution in [2.24, 2.45) is 0 Å². The molecule has 0 radical (unpaired) electrons. The molecule has 0 saturated heterocycles. The lowest BCUT2D eigenvalue weighted by Gasteiger charge is -1.95. The highest BCUT2D eigenvalue weighted by Crippen LogP contribution is 2.26. The van der Waals surface area contributed by atoms with Crippen LogP contribution in [0.15, 0.2) is 54.6 Å². The summed E-state index contributed by atoms with van der Waals surface area (Å²) in [6.45, 7) is 0. The van der Waals surface area contributed by atoms with Gasteiger partial charge in [0.15, 0.2) is 5.82 Å². The summed E-state index contributed by atoms with van der Waals surface area (Å²) < 4.78 is 4.38. The summed E-state index contributed by atoms with van der Waals surface area (Å²) >= 11 is 7.27. The van der Waals surface area contributed by atoms with E-state index in [1.165, 1.54) is 11.5 Å². The fourth-order valence-electron chi connectivity index (χ4n) is 1.64. The summed E-state index contributed by atoms with van der Waals surface area (Å²) in [5.41, 5.74) is 2.08. The molecule has 0 spiro atoms. The topological polar surface area (TPSA) is 25.8 Å². The minimum atomic E-state index is 0.728. The van der Waals surface area contributed by atoms with E-state index in [0.717, 1.165) is 27.0 Å². The number of hydrogen-bond acceptors (Lipinski definition) is 3. The highest BCUT2D eigenvalue weighted by Gasteiger charge is 2.07. The predicted octanol–water partition coefficient (Wildman–Crippen LogP) is 4.53. The zero-order valence-electron chi connectivity index (χ0n) is 9.38. The molecule has 0 N–H and O–H groups in total. The van der Waals surface area contributed by atoms with Gasteiger partial charge in [0.2, 0.25) is 0 Å². The lowest BCUT2D eigenvalue weighted by Crippen LogP contribution is -1.80. The molecule has 2 aromatic carbocycles. The van der Waals surface area contributed by atoms with Crippen molar-refractivity contribution in [3.8, 4) is 22.0 Å². The standard InChI is InChI=1S/C14H9ClN2S/c15-12-8-6-11(7-9-12)14-16-13(17-18-14)10-4-2-1-3-5-10/h1-9H. The lowest BCUT2D eigenvalue weighted by molar-refractivity contribution is 1.32. The quantitative estimate of drug-likeness (QED) is 0.685. The zero-order valence-corrected chi connectivity index (χ0v) is 10.9. The Hall–Kier alpha value is -1.71. The Morgan fingerprint density at radius 2 is 1.56 bits per heavy atom. The molecule has 2 nitrogen and oxygen atoms in total. The van der Waals surface area contributed by atoms with Crippen LogP contribution in [-0.4, -0.2) is 9.36 Å². The van der Waals surface area contributed by atoms with Gasteiger partial charge in [-0.25, -0.2) is 4.98 Å². The molecule has 4 heteroatoms. The first kappa shape index (κ1) is 11.4. The molecule has 3 aromatic rings. The van der Waals surface area contributed by atoms with Crippen LogP contribution in [0.4, 0.5) is 0 Å². The van der Waals surface area contributed by atoms with Crippen LogP contribution in [0.5, 0.6) is 0 Å². The van der Waals surface area contributed by atoms with E-state index in [0.29, 0.717) is 0 Å². The van der Waals surface area contributed by atoms with Crippen molar-refractivity contribution in [2.45, 2.75) is 0 Å². The SMILES string of the molecule is Clc1ccc(-c2nc(-c3ccccc3)ns2)cc1. The number of benzene rings is 2. The molecule has 0 aliphatic heterocycles. The van der Waals surface area contributed by atoms with Crippen molar-refractivity contribution in [1.82, 2.24) is 9.36 Å². The van der Waals surface area contributed by atoms with Gasteiger partial charge in [-0.2, -0.15) is 4.37 Å². The molecule has 1 heterocycles. The third kappa shape index (κ3) is 2.28. The Bertz CT molecular complexity index is 647. The Morgan fingerprint density at radius 1 is 0.833 bits per heavy atom. The van der Waals surface area contributed by atoms with Crippen molar-refractivity contribution in [3.63, 3.8) is 0 Å². The van der Waals surface area contributed by atoms with E-state index in [2.05, 4.69) is 9.36 Å². The average molecular weight is 273 g/mol. The van der Waals surface area contributed by atoms with Crippen LogP contribution in [0, 0.1) is 0 Å². The monoisotopic (exact) mass is 272 g/mol. The maximum atomic E-state index is 5.87. The first-order valence-electron chi connectivity index (χ1n) is 5.48. The van der Waals surface area contributed by atoms with Crippen molar-refractivity contribution in [3.05, 3.63) is 59.6 Å². The Labute approximate surface area is 114 Å². The second-order valence-corrected chi connectivity index (χ2v) is 4.98. The summed E-state index contributed by atoms with van der Waals surface area (Å²) in [6, 6.07) is 17.6. The van der Waals surface area contributed by atoms with Crippen molar-refractivity contribution >= 4 is 23.1 Å². The molecule has 3 rings (SSSR count). The highest BCUT2D eigenvalue weighted by atomic mass is 35.5. The number of aromatic nitrogens is 2. The van der Waals surface area contributed by atoms with Gasteiger partial charge in [-0.05, 0) is 23.7 Å². The van der Waals surface area contributed by atoms with Crippen molar-refractivity contribution in [1.29, 1.82) is 0 Å². The van der Waals surface area contributed by atoms with Gasteiger partial charge in [0.25, 0.3) is 0 Å². The smallest absolute Gasteiger partial charge is 0.173 e. The first-order chi connectivity index (χ1) is 8.83. The average Bonchev–Trinajstić information content (AvgIpc) is 2.90. The van der Waals surface area contributed by atoms with Gasteiger partial charge in [0.05, 0.1) is 0 Å². The van der Waals surface area contributed by atoms with E-state index in [1.54, 1.807) is 0 Å². The van der Waals surface area contributed by atoms with E-state index in [9.17, 15) is 0 Å². The van der Waals surface area contributed by atoms with Crippen molar-refractivity contribution in [2.75, 3.05) is 0 Å². The Balaban J connectivity index is 1.97. The van der Waals surface area contributed by atoms with Crippen LogP contribution in [0.3, 0.4) is 0 Å². The van der Waals surface area contributed by atoms with Gasteiger partial charge >= 0.3 is 0 Å². The summed E-state index contributed by atoms with van der Waals surface area (Å²) in [5, 5.41) is 1.64. The molecule has 0 atom stereocenters. The van der Waals surface area contributed by atoms with Gasteiger partial charge in [-0.15, -0.1) is 0 Å². The first-order valence-corrected chi connectivity index (χ1v) is 6.63. The van der Waals surface area contributed by atoms with Crippen LogP contribution in [0.1, 0.15) is 0 Å². The van der Waals surface area contributed by atoms with E-state index < -0.39 is 0 Å². The fraction of sp³-hybridized carbons (Fsp3) is 0.